The molecule has 0 saturated carbocycles. The molecule has 1 unspecified atom stereocenters. The highest BCUT2D eigenvalue weighted by molar-refractivity contribution is 6.31. The normalized spacial score (nSPS) is 15.5. The second-order valence-electron chi connectivity index (χ2n) is 7.29. The molecule has 154 valence electrons. The fourth-order valence-corrected chi connectivity index (χ4v) is 4.45. The summed E-state index contributed by atoms with van der Waals surface area (Å²) in [5, 5.41) is 1.85. The van der Waals surface area contributed by atoms with Gasteiger partial charge in [-0.1, -0.05) is 65.1 Å². The zero-order valence-corrected chi connectivity index (χ0v) is 18.2. The lowest BCUT2D eigenvalue weighted by Crippen LogP contribution is -2.29. The van der Waals surface area contributed by atoms with Gasteiger partial charge >= 0.3 is 0 Å². The molecule has 31 heavy (non-hydrogen) atoms. The number of rotatable bonds is 3. The highest BCUT2D eigenvalue weighted by Gasteiger charge is 2.42. The zero-order chi connectivity index (χ0) is 21.7. The van der Waals surface area contributed by atoms with Gasteiger partial charge in [0.05, 0.1) is 17.0 Å². The van der Waals surface area contributed by atoms with Gasteiger partial charge in [-0.25, -0.2) is 0 Å². The highest BCUT2D eigenvalue weighted by atomic mass is 35.5. The first-order chi connectivity index (χ1) is 14.9. The molecule has 1 amide bonds. The Morgan fingerprint density at radius 2 is 1.58 bits per heavy atom. The van der Waals surface area contributed by atoms with E-state index < -0.39 is 6.04 Å². The molecule has 4 nitrogen and oxygen atoms in total. The van der Waals surface area contributed by atoms with Gasteiger partial charge < -0.3 is 9.32 Å². The van der Waals surface area contributed by atoms with E-state index in [-0.39, 0.29) is 29.2 Å². The summed E-state index contributed by atoms with van der Waals surface area (Å²) < 4.78 is 5.92. The second kappa shape index (κ2) is 7.72. The molecule has 5 rings (SSSR count). The van der Waals surface area contributed by atoms with Crippen LogP contribution in [0.3, 0.4) is 0 Å². The minimum atomic E-state index is -0.643. The van der Waals surface area contributed by atoms with E-state index in [4.69, 9.17) is 39.2 Å². The van der Waals surface area contributed by atoms with Crippen LogP contribution in [0, 0.1) is 0 Å². The lowest BCUT2D eigenvalue weighted by molar-refractivity contribution is 0.0714. The molecule has 0 fully saturated rings. The van der Waals surface area contributed by atoms with Crippen LogP contribution in [0.5, 0.6) is 0 Å². The molecule has 0 radical (unpaired) electrons. The molecule has 0 aliphatic carbocycles. The van der Waals surface area contributed by atoms with E-state index in [0.29, 0.717) is 26.0 Å². The van der Waals surface area contributed by atoms with Crippen molar-refractivity contribution in [3.8, 4) is 0 Å². The van der Waals surface area contributed by atoms with Gasteiger partial charge in [-0.2, -0.15) is 0 Å². The molecule has 2 heterocycles. The Kier molecular flexibility index (Phi) is 5.01. The van der Waals surface area contributed by atoms with Crippen LogP contribution in [0.15, 0.2) is 75.9 Å². The summed E-state index contributed by atoms with van der Waals surface area (Å²) in [7, 11) is 0. The van der Waals surface area contributed by atoms with Crippen molar-refractivity contribution in [2.75, 3.05) is 0 Å². The maximum Gasteiger partial charge on any atom is 0.291 e. The standard InChI is InChI=1S/C24H14Cl3NO3/c25-15-7-5-13(6-8-15)21-20-22(29)17-11-16(26)9-10-19(17)31-23(20)24(30)28(21)12-14-3-1-2-4-18(14)27/h1-11,21H,12H2. The third-order valence-corrected chi connectivity index (χ3v) is 6.27. The van der Waals surface area contributed by atoms with Crippen molar-refractivity contribution >= 4 is 51.7 Å². The summed E-state index contributed by atoms with van der Waals surface area (Å²) in [5.74, 6) is -0.337. The summed E-state index contributed by atoms with van der Waals surface area (Å²) in [6.45, 7) is 0.215. The molecule has 1 atom stereocenters. The number of nitrogens with zero attached hydrogens (tertiary/aromatic N) is 1. The predicted molar refractivity (Wildman–Crippen MR) is 122 cm³/mol. The van der Waals surface area contributed by atoms with Crippen LogP contribution < -0.4 is 5.43 Å². The van der Waals surface area contributed by atoms with E-state index in [1.165, 1.54) is 0 Å². The number of fused-ring (bicyclic) bond motifs is 2. The molecule has 1 aromatic heterocycles. The van der Waals surface area contributed by atoms with Crippen LogP contribution in [-0.2, 0) is 6.54 Å². The van der Waals surface area contributed by atoms with Gasteiger partial charge in [-0.05, 0) is 47.5 Å². The molecule has 3 aromatic carbocycles. The van der Waals surface area contributed by atoms with Crippen molar-refractivity contribution in [3.63, 3.8) is 0 Å². The lowest BCUT2D eigenvalue weighted by Gasteiger charge is -2.25. The third kappa shape index (κ3) is 3.41. The summed E-state index contributed by atoms with van der Waals surface area (Å²) in [4.78, 5) is 28.5. The van der Waals surface area contributed by atoms with Gasteiger partial charge in [0.2, 0.25) is 5.76 Å². The van der Waals surface area contributed by atoms with Crippen molar-refractivity contribution in [2.24, 2.45) is 0 Å². The number of carbonyl (C=O) groups excluding carboxylic acids is 1. The Hall–Kier alpha value is -2.79. The van der Waals surface area contributed by atoms with Gasteiger partial charge in [-0.15, -0.1) is 0 Å². The summed E-state index contributed by atoms with van der Waals surface area (Å²) in [6, 6.07) is 18.5. The molecule has 0 spiro atoms. The fourth-order valence-electron chi connectivity index (χ4n) is 3.96. The first-order valence-electron chi connectivity index (χ1n) is 9.50. The second-order valence-corrected chi connectivity index (χ2v) is 8.57. The topological polar surface area (TPSA) is 50.5 Å². The van der Waals surface area contributed by atoms with Gasteiger partial charge in [0, 0.05) is 21.6 Å². The van der Waals surface area contributed by atoms with Gasteiger partial charge in [0.1, 0.15) is 5.58 Å². The van der Waals surface area contributed by atoms with Crippen LogP contribution in [0.1, 0.15) is 33.3 Å². The zero-order valence-electron chi connectivity index (χ0n) is 15.9. The summed E-state index contributed by atoms with van der Waals surface area (Å²) in [6.07, 6.45) is 0. The van der Waals surface area contributed by atoms with E-state index in [0.717, 1.165) is 11.1 Å². The number of hydrogen-bond donors (Lipinski definition) is 0. The Balaban J connectivity index is 1.74. The van der Waals surface area contributed by atoms with Crippen LogP contribution in [0.25, 0.3) is 11.0 Å². The van der Waals surface area contributed by atoms with Gasteiger partial charge in [-0.3, -0.25) is 9.59 Å². The SMILES string of the molecule is O=C1c2oc3ccc(Cl)cc3c(=O)c2C(c2ccc(Cl)cc2)N1Cc1ccccc1Cl. The Labute approximate surface area is 192 Å². The van der Waals surface area contributed by atoms with Gasteiger partial charge in [0.25, 0.3) is 5.91 Å². The Bertz CT molecular complexity index is 1400. The first kappa shape index (κ1) is 20.1. The quantitative estimate of drug-likeness (QED) is 0.343. The number of benzene rings is 3. The van der Waals surface area contributed by atoms with Crippen molar-refractivity contribution in [3.05, 3.63) is 114 Å². The number of carbonyl (C=O) groups is 1. The Morgan fingerprint density at radius 1 is 0.871 bits per heavy atom. The molecule has 7 heteroatoms. The summed E-state index contributed by atoms with van der Waals surface area (Å²) >= 11 is 18.5. The minimum absolute atomic E-state index is 0.0341. The average molecular weight is 471 g/mol. The van der Waals surface area contributed by atoms with Crippen LogP contribution in [0.4, 0.5) is 0 Å². The molecule has 1 aliphatic rings. The van der Waals surface area contributed by atoms with E-state index in [1.807, 2.05) is 18.2 Å². The number of hydrogen-bond acceptors (Lipinski definition) is 3. The highest BCUT2D eigenvalue weighted by Crippen LogP contribution is 2.40. The molecule has 4 aromatic rings. The van der Waals surface area contributed by atoms with E-state index in [2.05, 4.69) is 0 Å². The molecule has 0 saturated heterocycles. The maximum atomic E-state index is 13.5. The van der Waals surface area contributed by atoms with E-state index in [1.54, 1.807) is 53.4 Å². The van der Waals surface area contributed by atoms with Crippen LogP contribution >= 0.6 is 34.8 Å². The molecular weight excluding hydrogens is 457 g/mol. The largest absolute Gasteiger partial charge is 0.450 e. The first-order valence-corrected chi connectivity index (χ1v) is 10.6. The predicted octanol–water partition coefficient (Wildman–Crippen LogP) is 6.50. The smallest absolute Gasteiger partial charge is 0.291 e. The van der Waals surface area contributed by atoms with Gasteiger partial charge in [0.15, 0.2) is 5.43 Å². The fraction of sp³-hybridized carbons (Fsp3) is 0.0833. The minimum Gasteiger partial charge on any atom is -0.450 e. The average Bonchev–Trinajstić information content (AvgIpc) is 3.03. The molecule has 0 N–H and O–H groups in total. The lowest BCUT2D eigenvalue weighted by atomic mass is 9.98. The maximum absolute atomic E-state index is 13.5. The monoisotopic (exact) mass is 469 g/mol. The van der Waals surface area contributed by atoms with Crippen molar-refractivity contribution in [1.82, 2.24) is 4.90 Å². The van der Waals surface area contributed by atoms with Crippen molar-refractivity contribution in [2.45, 2.75) is 12.6 Å². The van der Waals surface area contributed by atoms with Crippen LogP contribution in [0.2, 0.25) is 15.1 Å². The third-order valence-electron chi connectivity index (χ3n) is 5.41. The molecule has 0 bridgehead atoms. The Morgan fingerprint density at radius 3 is 2.32 bits per heavy atom. The van der Waals surface area contributed by atoms with E-state index >= 15 is 0 Å². The number of amides is 1. The molecule has 1 aliphatic heterocycles. The molecular formula is C24H14Cl3NO3. The van der Waals surface area contributed by atoms with E-state index in [9.17, 15) is 9.59 Å². The van der Waals surface area contributed by atoms with Crippen molar-refractivity contribution < 1.29 is 9.21 Å². The van der Waals surface area contributed by atoms with Crippen molar-refractivity contribution in [1.29, 1.82) is 0 Å². The summed E-state index contributed by atoms with van der Waals surface area (Å²) in [5.41, 5.74) is 1.83. The number of halogens is 3. The van der Waals surface area contributed by atoms with Crippen LogP contribution in [-0.4, -0.2) is 10.8 Å².